The van der Waals surface area contributed by atoms with Crippen molar-refractivity contribution < 1.29 is 19.1 Å². The van der Waals surface area contributed by atoms with E-state index >= 15 is 0 Å². The first-order valence-corrected chi connectivity index (χ1v) is 5.64. The smallest absolute Gasteiger partial charge is 0.326 e. The summed E-state index contributed by atoms with van der Waals surface area (Å²) in [6.07, 6.45) is 3.00. The van der Waals surface area contributed by atoms with Crippen molar-refractivity contribution >= 4 is 17.8 Å². The number of carbonyl (C=O) groups excluding carboxylic acids is 3. The first-order chi connectivity index (χ1) is 7.65. The molecule has 0 spiro atoms. The number of ether oxygens (including phenoxy) is 1. The molecule has 0 atom stereocenters. The molecular formula is C11H17NO4. The monoisotopic (exact) mass is 227 g/mol. The molecule has 2 amide bonds. The van der Waals surface area contributed by atoms with Crippen molar-refractivity contribution in [2.24, 2.45) is 0 Å². The zero-order valence-corrected chi connectivity index (χ0v) is 9.53. The highest BCUT2D eigenvalue weighted by Crippen LogP contribution is 2.11. The number of amides is 2. The molecule has 1 aliphatic rings. The van der Waals surface area contributed by atoms with Crippen molar-refractivity contribution in [2.45, 2.75) is 39.0 Å². The van der Waals surface area contributed by atoms with E-state index in [1.165, 1.54) is 0 Å². The van der Waals surface area contributed by atoms with Crippen LogP contribution in [0.3, 0.4) is 0 Å². The van der Waals surface area contributed by atoms with Crippen LogP contribution in [0, 0.1) is 0 Å². The number of hydrogen-bond acceptors (Lipinski definition) is 4. The van der Waals surface area contributed by atoms with Gasteiger partial charge >= 0.3 is 5.97 Å². The second-order valence-electron chi connectivity index (χ2n) is 3.80. The van der Waals surface area contributed by atoms with E-state index in [0.29, 0.717) is 25.9 Å². The molecule has 5 nitrogen and oxygen atoms in total. The third-order valence-corrected chi connectivity index (χ3v) is 2.43. The molecule has 0 bridgehead atoms. The van der Waals surface area contributed by atoms with E-state index in [4.69, 9.17) is 4.74 Å². The molecular weight excluding hydrogens is 210 g/mol. The van der Waals surface area contributed by atoms with Crippen molar-refractivity contribution in [1.82, 2.24) is 4.90 Å². The predicted octanol–water partition coefficient (Wildman–Crippen LogP) is 0.869. The Morgan fingerprint density at radius 1 is 1.31 bits per heavy atom. The predicted molar refractivity (Wildman–Crippen MR) is 56.4 cm³/mol. The molecule has 0 radical (unpaired) electrons. The summed E-state index contributed by atoms with van der Waals surface area (Å²) in [6.45, 7) is 2.11. The van der Waals surface area contributed by atoms with Crippen molar-refractivity contribution in [3.63, 3.8) is 0 Å². The van der Waals surface area contributed by atoms with E-state index in [0.717, 1.165) is 17.7 Å². The minimum absolute atomic E-state index is 0.235. The van der Waals surface area contributed by atoms with Gasteiger partial charge in [-0.1, -0.05) is 13.3 Å². The minimum Gasteiger partial charge on any atom is -0.464 e. The number of unbranched alkanes of at least 4 members (excludes halogenated alkanes) is 1. The van der Waals surface area contributed by atoms with Crippen molar-refractivity contribution in [2.75, 3.05) is 13.2 Å². The first-order valence-electron chi connectivity index (χ1n) is 5.64. The van der Waals surface area contributed by atoms with Gasteiger partial charge in [-0.3, -0.25) is 19.3 Å². The summed E-state index contributed by atoms with van der Waals surface area (Å²) >= 11 is 0. The topological polar surface area (TPSA) is 63.7 Å². The first kappa shape index (κ1) is 12.7. The molecule has 16 heavy (non-hydrogen) atoms. The van der Waals surface area contributed by atoms with E-state index in [-0.39, 0.29) is 18.4 Å². The van der Waals surface area contributed by atoms with Crippen LogP contribution in [0.5, 0.6) is 0 Å². The third kappa shape index (κ3) is 3.64. The summed E-state index contributed by atoms with van der Waals surface area (Å²) in [6, 6.07) is 0. The molecule has 5 heteroatoms. The highest BCUT2D eigenvalue weighted by atomic mass is 16.5. The average molecular weight is 227 g/mol. The molecule has 1 fully saturated rings. The average Bonchev–Trinajstić information content (AvgIpc) is 2.24. The number of piperidine rings is 1. The third-order valence-electron chi connectivity index (χ3n) is 2.43. The van der Waals surface area contributed by atoms with E-state index in [2.05, 4.69) is 0 Å². The molecule has 1 saturated heterocycles. The Labute approximate surface area is 94.7 Å². The van der Waals surface area contributed by atoms with Gasteiger partial charge in [0.2, 0.25) is 11.8 Å². The lowest BCUT2D eigenvalue weighted by atomic mass is 10.1. The molecule has 0 aromatic heterocycles. The van der Waals surface area contributed by atoms with E-state index in [1.807, 2.05) is 6.92 Å². The van der Waals surface area contributed by atoms with E-state index < -0.39 is 5.97 Å². The van der Waals surface area contributed by atoms with Gasteiger partial charge in [-0.05, 0) is 12.8 Å². The number of esters is 1. The molecule has 0 aliphatic carbocycles. The number of rotatable bonds is 5. The molecule has 0 N–H and O–H groups in total. The van der Waals surface area contributed by atoms with Crippen LogP contribution in [0.4, 0.5) is 0 Å². The summed E-state index contributed by atoms with van der Waals surface area (Å²) in [4.78, 5) is 35.0. The Balaban J connectivity index is 2.36. The fraction of sp³-hybridized carbons (Fsp3) is 0.727. The van der Waals surface area contributed by atoms with Gasteiger partial charge in [0.05, 0.1) is 6.61 Å². The Kier molecular flexibility index (Phi) is 4.95. The van der Waals surface area contributed by atoms with Crippen LogP contribution in [0.1, 0.15) is 39.0 Å². The van der Waals surface area contributed by atoms with Crippen molar-refractivity contribution in [3.8, 4) is 0 Å². The van der Waals surface area contributed by atoms with Gasteiger partial charge in [0.15, 0.2) is 0 Å². The van der Waals surface area contributed by atoms with Crippen molar-refractivity contribution in [1.29, 1.82) is 0 Å². The minimum atomic E-state index is -0.503. The van der Waals surface area contributed by atoms with Crippen LogP contribution >= 0.6 is 0 Å². The maximum absolute atomic E-state index is 11.4. The van der Waals surface area contributed by atoms with Gasteiger partial charge < -0.3 is 4.74 Å². The lowest BCUT2D eigenvalue weighted by Crippen LogP contribution is -2.43. The molecule has 1 aliphatic heterocycles. The summed E-state index contributed by atoms with van der Waals surface area (Å²) in [5.41, 5.74) is 0. The summed E-state index contributed by atoms with van der Waals surface area (Å²) in [5.74, 6) is -1.05. The molecule has 0 saturated carbocycles. The molecule has 1 heterocycles. The highest BCUT2D eigenvalue weighted by molar-refractivity contribution is 6.00. The van der Waals surface area contributed by atoms with Crippen LogP contribution in [-0.4, -0.2) is 35.8 Å². The maximum atomic E-state index is 11.4. The van der Waals surface area contributed by atoms with Gasteiger partial charge in [-0.25, -0.2) is 0 Å². The van der Waals surface area contributed by atoms with Crippen LogP contribution in [-0.2, 0) is 19.1 Å². The second-order valence-corrected chi connectivity index (χ2v) is 3.80. The molecule has 0 aromatic carbocycles. The van der Waals surface area contributed by atoms with Crippen LogP contribution < -0.4 is 0 Å². The summed E-state index contributed by atoms with van der Waals surface area (Å²) in [7, 11) is 0. The largest absolute Gasteiger partial charge is 0.464 e. The van der Waals surface area contributed by atoms with Gasteiger partial charge in [0.25, 0.3) is 0 Å². The molecule has 90 valence electrons. The number of carbonyl (C=O) groups is 3. The Morgan fingerprint density at radius 3 is 2.50 bits per heavy atom. The number of likely N-dealkylation sites (tertiary alicyclic amines) is 1. The van der Waals surface area contributed by atoms with E-state index in [1.54, 1.807) is 0 Å². The van der Waals surface area contributed by atoms with Gasteiger partial charge in [0, 0.05) is 12.8 Å². The van der Waals surface area contributed by atoms with E-state index in [9.17, 15) is 14.4 Å². The number of nitrogens with zero attached hydrogens (tertiary/aromatic N) is 1. The molecule has 0 aromatic rings. The lowest BCUT2D eigenvalue weighted by Gasteiger charge is -2.23. The number of imide groups is 1. The Hall–Kier alpha value is -1.39. The maximum Gasteiger partial charge on any atom is 0.326 e. The summed E-state index contributed by atoms with van der Waals surface area (Å²) in [5, 5.41) is 0. The quantitative estimate of drug-likeness (QED) is 0.397. The van der Waals surface area contributed by atoms with Crippen LogP contribution in [0.15, 0.2) is 0 Å². The zero-order chi connectivity index (χ0) is 12.0. The molecule has 1 rings (SSSR count). The van der Waals surface area contributed by atoms with Gasteiger partial charge in [-0.15, -0.1) is 0 Å². The molecule has 0 unspecified atom stereocenters. The fourth-order valence-corrected chi connectivity index (χ4v) is 1.48. The zero-order valence-electron chi connectivity index (χ0n) is 9.53. The van der Waals surface area contributed by atoms with Crippen LogP contribution in [0.2, 0.25) is 0 Å². The van der Waals surface area contributed by atoms with Gasteiger partial charge in [0.1, 0.15) is 6.54 Å². The van der Waals surface area contributed by atoms with Crippen molar-refractivity contribution in [3.05, 3.63) is 0 Å². The van der Waals surface area contributed by atoms with Gasteiger partial charge in [-0.2, -0.15) is 0 Å². The standard InChI is InChI=1S/C11H17NO4/c1-2-3-7-16-11(15)8-12-9(13)5-4-6-10(12)14/h2-8H2,1H3. The highest BCUT2D eigenvalue weighted by Gasteiger charge is 2.27. The normalized spacial score (nSPS) is 16.4. The SMILES string of the molecule is CCCCOC(=O)CN1C(=O)CCCC1=O. The second kappa shape index (κ2) is 6.25. The fourth-order valence-electron chi connectivity index (χ4n) is 1.48. The van der Waals surface area contributed by atoms with Crippen LogP contribution in [0.25, 0.3) is 0 Å². The summed E-state index contributed by atoms with van der Waals surface area (Å²) < 4.78 is 4.90. The number of hydrogen-bond donors (Lipinski definition) is 0. The lowest BCUT2D eigenvalue weighted by molar-refractivity contribution is -0.157. The Bertz CT molecular complexity index is 272. The Morgan fingerprint density at radius 2 is 1.94 bits per heavy atom.